The summed E-state index contributed by atoms with van der Waals surface area (Å²) in [5.41, 5.74) is 4.32. The molecule has 4 heteroatoms. The Bertz CT molecular complexity index is 698. The summed E-state index contributed by atoms with van der Waals surface area (Å²) < 4.78 is 5.98. The fourth-order valence-electron chi connectivity index (χ4n) is 4.76. The molecule has 2 aliphatic rings. The van der Waals surface area contributed by atoms with Gasteiger partial charge in [-0.2, -0.15) is 0 Å². The number of thioether (sulfide) groups is 1. The van der Waals surface area contributed by atoms with Crippen LogP contribution in [-0.4, -0.2) is 41.8 Å². The van der Waals surface area contributed by atoms with E-state index in [2.05, 4.69) is 47.3 Å². The van der Waals surface area contributed by atoms with Gasteiger partial charge >= 0.3 is 0 Å². The van der Waals surface area contributed by atoms with Crippen molar-refractivity contribution in [1.82, 2.24) is 9.88 Å². The maximum atomic E-state index is 5.98. The molecule has 2 aliphatic heterocycles. The number of H-pyrrole nitrogens is 1. The topological polar surface area (TPSA) is 28.3 Å². The van der Waals surface area contributed by atoms with E-state index in [1.165, 1.54) is 48.9 Å². The molecular formula is C20H28N2OS. The van der Waals surface area contributed by atoms with Gasteiger partial charge in [-0.05, 0) is 36.6 Å². The molecule has 1 aromatic carbocycles. The Labute approximate surface area is 149 Å². The summed E-state index contributed by atoms with van der Waals surface area (Å²) in [6, 6.07) is 9.29. The number of para-hydroxylation sites is 1. The van der Waals surface area contributed by atoms with Crippen LogP contribution in [0.3, 0.4) is 0 Å². The molecule has 0 amide bonds. The summed E-state index contributed by atoms with van der Waals surface area (Å²) in [5, 5.41) is 1.42. The summed E-state index contributed by atoms with van der Waals surface area (Å²) in [7, 11) is 0. The first kappa shape index (κ1) is 16.5. The van der Waals surface area contributed by atoms with Crippen molar-refractivity contribution < 1.29 is 4.74 Å². The van der Waals surface area contributed by atoms with Crippen molar-refractivity contribution in [3.8, 4) is 0 Å². The zero-order valence-electron chi connectivity index (χ0n) is 14.8. The van der Waals surface area contributed by atoms with E-state index in [1.54, 1.807) is 17.3 Å². The van der Waals surface area contributed by atoms with Crippen LogP contribution in [0.15, 0.2) is 24.3 Å². The van der Waals surface area contributed by atoms with Gasteiger partial charge in [-0.15, -0.1) is 11.8 Å². The van der Waals surface area contributed by atoms with Gasteiger partial charge in [0.05, 0.1) is 18.6 Å². The molecule has 0 saturated carbocycles. The van der Waals surface area contributed by atoms with E-state index >= 15 is 0 Å². The predicted octanol–water partition coefficient (Wildman–Crippen LogP) is 4.45. The first-order chi connectivity index (χ1) is 11.8. The highest BCUT2D eigenvalue weighted by Crippen LogP contribution is 2.44. The number of hydrogen-bond donors (Lipinski definition) is 1. The fourth-order valence-corrected chi connectivity index (χ4v) is 5.02. The van der Waals surface area contributed by atoms with Crippen LogP contribution in [0.5, 0.6) is 0 Å². The van der Waals surface area contributed by atoms with Crippen LogP contribution in [0.25, 0.3) is 10.9 Å². The van der Waals surface area contributed by atoms with E-state index in [0.717, 1.165) is 18.5 Å². The molecule has 4 rings (SSSR count). The number of benzene rings is 1. The number of rotatable bonds is 5. The van der Waals surface area contributed by atoms with Crippen molar-refractivity contribution in [3.05, 3.63) is 35.5 Å². The van der Waals surface area contributed by atoms with E-state index in [-0.39, 0.29) is 0 Å². The number of fused-ring (bicyclic) bond motifs is 5. The molecular weight excluding hydrogens is 316 g/mol. The van der Waals surface area contributed by atoms with Gasteiger partial charge in [-0.25, -0.2) is 0 Å². The number of ether oxygens (including phenoxy) is 1. The van der Waals surface area contributed by atoms with Gasteiger partial charge in [0, 0.05) is 35.6 Å². The molecule has 130 valence electrons. The molecule has 3 nitrogen and oxygen atoms in total. The lowest BCUT2D eigenvalue weighted by Crippen LogP contribution is -2.47. The van der Waals surface area contributed by atoms with E-state index in [9.17, 15) is 0 Å². The Morgan fingerprint density at radius 1 is 1.33 bits per heavy atom. The minimum absolute atomic E-state index is 0.505. The maximum Gasteiger partial charge on any atom is 0.0918 e. The highest BCUT2D eigenvalue weighted by atomic mass is 32.2. The van der Waals surface area contributed by atoms with E-state index < -0.39 is 0 Å². The van der Waals surface area contributed by atoms with Crippen LogP contribution in [0.2, 0.25) is 0 Å². The molecule has 0 bridgehead atoms. The van der Waals surface area contributed by atoms with Crippen molar-refractivity contribution in [2.24, 2.45) is 11.8 Å². The second kappa shape index (κ2) is 7.11. The highest BCUT2D eigenvalue weighted by molar-refractivity contribution is 7.98. The number of aromatic nitrogens is 1. The lowest BCUT2D eigenvalue weighted by atomic mass is 9.78. The Kier molecular flexibility index (Phi) is 4.88. The normalized spacial score (nSPS) is 27.2. The molecule has 1 N–H and O–H groups in total. The van der Waals surface area contributed by atoms with Crippen molar-refractivity contribution >= 4 is 22.7 Å². The van der Waals surface area contributed by atoms with Gasteiger partial charge in [0.25, 0.3) is 0 Å². The van der Waals surface area contributed by atoms with Crippen LogP contribution >= 0.6 is 11.8 Å². The molecule has 1 saturated heterocycles. The summed E-state index contributed by atoms with van der Waals surface area (Å²) in [6.07, 6.45) is 5.85. The Balaban J connectivity index is 1.68. The molecule has 24 heavy (non-hydrogen) atoms. The van der Waals surface area contributed by atoms with Crippen LogP contribution in [-0.2, 0) is 11.2 Å². The molecule has 0 radical (unpaired) electrons. The van der Waals surface area contributed by atoms with Gasteiger partial charge in [0.1, 0.15) is 0 Å². The van der Waals surface area contributed by atoms with Crippen molar-refractivity contribution in [2.45, 2.75) is 32.2 Å². The largest absolute Gasteiger partial charge is 0.371 e. The van der Waals surface area contributed by atoms with Crippen molar-refractivity contribution in [1.29, 1.82) is 0 Å². The smallest absolute Gasteiger partial charge is 0.0918 e. The van der Waals surface area contributed by atoms with Gasteiger partial charge in [0.2, 0.25) is 0 Å². The number of hydrogen-bond acceptors (Lipinski definition) is 3. The van der Waals surface area contributed by atoms with E-state index in [1.807, 2.05) is 0 Å². The number of piperidine rings is 1. The Morgan fingerprint density at radius 2 is 2.21 bits per heavy atom. The van der Waals surface area contributed by atoms with E-state index in [0.29, 0.717) is 12.0 Å². The summed E-state index contributed by atoms with van der Waals surface area (Å²) in [4.78, 5) is 6.49. The summed E-state index contributed by atoms with van der Waals surface area (Å²) in [6.45, 7) is 5.65. The second-order valence-corrected chi connectivity index (χ2v) is 8.11. The minimum Gasteiger partial charge on any atom is -0.371 e. The molecule has 3 atom stereocenters. The number of nitrogens with one attached hydrogen (secondary N) is 1. The molecule has 1 fully saturated rings. The standard InChI is InChI=1S/C20H28N2OS/c1-3-14-10-15(12-23-13-24-2)20-19-17(8-9-22(20)11-14)16-6-4-5-7-18(16)21-19/h4-7,14-15,20-21H,3,8-13H2,1-2H3/t14-,15+,20-/m1/s1. The van der Waals surface area contributed by atoms with E-state index in [4.69, 9.17) is 4.74 Å². The fraction of sp³-hybridized carbons (Fsp3) is 0.600. The van der Waals surface area contributed by atoms with Gasteiger partial charge < -0.3 is 9.72 Å². The highest BCUT2D eigenvalue weighted by Gasteiger charge is 2.40. The van der Waals surface area contributed by atoms with Crippen molar-refractivity contribution in [2.75, 3.05) is 31.9 Å². The first-order valence-electron chi connectivity index (χ1n) is 9.22. The molecule has 1 aromatic heterocycles. The van der Waals surface area contributed by atoms with Gasteiger partial charge in [0.15, 0.2) is 0 Å². The number of aromatic amines is 1. The molecule has 0 aliphatic carbocycles. The average molecular weight is 345 g/mol. The third kappa shape index (κ3) is 2.89. The maximum absolute atomic E-state index is 5.98. The monoisotopic (exact) mass is 344 g/mol. The van der Waals surface area contributed by atoms with Crippen LogP contribution in [0, 0.1) is 11.8 Å². The zero-order chi connectivity index (χ0) is 16.5. The minimum atomic E-state index is 0.505. The van der Waals surface area contributed by atoms with Crippen LogP contribution in [0.4, 0.5) is 0 Å². The third-order valence-corrected chi connectivity index (χ3v) is 6.27. The second-order valence-electron chi connectivity index (χ2n) is 7.30. The average Bonchev–Trinajstić information content (AvgIpc) is 3.00. The van der Waals surface area contributed by atoms with Crippen molar-refractivity contribution in [3.63, 3.8) is 0 Å². The van der Waals surface area contributed by atoms with Gasteiger partial charge in [-0.3, -0.25) is 4.90 Å². The summed E-state index contributed by atoms with van der Waals surface area (Å²) in [5.74, 6) is 2.22. The lowest BCUT2D eigenvalue weighted by molar-refractivity contribution is 0.00103. The zero-order valence-corrected chi connectivity index (χ0v) is 15.6. The van der Waals surface area contributed by atoms with Crippen LogP contribution < -0.4 is 0 Å². The molecule has 3 heterocycles. The SMILES string of the molecule is CC[C@@H]1C[C@@H](COCSC)[C@@H]2c3[nH]c4ccccc4c3CCN2C1. The molecule has 0 spiro atoms. The third-order valence-electron chi connectivity index (χ3n) is 5.87. The van der Waals surface area contributed by atoms with Gasteiger partial charge in [-0.1, -0.05) is 31.5 Å². The number of nitrogens with zero attached hydrogens (tertiary/aromatic N) is 1. The van der Waals surface area contributed by atoms with Crippen LogP contribution in [0.1, 0.15) is 37.1 Å². The summed E-state index contributed by atoms with van der Waals surface area (Å²) >= 11 is 1.77. The Morgan fingerprint density at radius 3 is 3.04 bits per heavy atom. The predicted molar refractivity (Wildman–Crippen MR) is 103 cm³/mol. The first-order valence-corrected chi connectivity index (χ1v) is 10.6. The molecule has 0 unspecified atom stereocenters. The lowest BCUT2D eigenvalue weighted by Gasteiger charge is -2.47. The quantitative estimate of drug-likeness (QED) is 0.641. The Hall–Kier alpha value is -0.970. The molecule has 2 aromatic rings.